The quantitative estimate of drug-likeness (QED) is 0.630. The first kappa shape index (κ1) is 21.1. The molecule has 3 aromatic rings. The predicted molar refractivity (Wildman–Crippen MR) is 111 cm³/mol. The minimum Gasteiger partial charge on any atom is -0.444 e. The Kier molecular flexibility index (Phi) is 5.32. The molecule has 3 heterocycles. The predicted octanol–water partition coefficient (Wildman–Crippen LogP) is 3.45. The zero-order chi connectivity index (χ0) is 22.3. The maximum atomic E-state index is 13.8. The van der Waals surface area contributed by atoms with Crippen LogP contribution in [-0.4, -0.2) is 49.0 Å². The van der Waals surface area contributed by atoms with Crippen molar-refractivity contribution in [2.75, 3.05) is 13.1 Å². The summed E-state index contributed by atoms with van der Waals surface area (Å²) in [4.78, 5) is 31.2. The molecule has 0 aliphatic carbocycles. The van der Waals surface area contributed by atoms with E-state index in [2.05, 4.69) is 10.1 Å². The first-order chi connectivity index (χ1) is 14.7. The van der Waals surface area contributed by atoms with E-state index < -0.39 is 11.4 Å². The number of ether oxygens (including phenoxy) is 1. The molecule has 0 N–H and O–H groups in total. The number of carbonyl (C=O) groups excluding carboxylic acids is 1. The average molecular weight is 431 g/mol. The Bertz CT molecular complexity index is 1160. The SMILES string of the molecule is CCn1c(=O)n(-c2noc(C3CCN(C(=O)OC(C)(C)C)CC3)n2)c2cc(F)ccc21. The van der Waals surface area contributed by atoms with Gasteiger partial charge in [0.15, 0.2) is 0 Å². The van der Waals surface area contributed by atoms with Gasteiger partial charge in [0.05, 0.1) is 11.0 Å². The molecule has 1 aliphatic heterocycles. The molecule has 0 bridgehead atoms. The second-order valence-corrected chi connectivity index (χ2v) is 8.67. The lowest BCUT2D eigenvalue weighted by atomic mass is 9.97. The van der Waals surface area contributed by atoms with Crippen molar-refractivity contribution < 1.29 is 18.4 Å². The Balaban J connectivity index is 1.55. The molecule has 0 radical (unpaired) electrons. The summed E-state index contributed by atoms with van der Waals surface area (Å²) in [5.74, 6) is -0.00320. The average Bonchev–Trinajstić information content (AvgIpc) is 3.28. The molecular weight excluding hydrogens is 405 g/mol. The van der Waals surface area contributed by atoms with Crippen LogP contribution in [0.25, 0.3) is 17.0 Å². The van der Waals surface area contributed by atoms with Gasteiger partial charge in [-0.2, -0.15) is 4.98 Å². The molecule has 1 aliphatic rings. The summed E-state index contributed by atoms with van der Waals surface area (Å²) in [6.45, 7) is 8.80. The minimum absolute atomic E-state index is 0.0353. The van der Waals surface area contributed by atoms with E-state index in [-0.39, 0.29) is 23.6 Å². The third-order valence-electron chi connectivity index (χ3n) is 5.33. The number of imidazole rings is 1. The Hall–Kier alpha value is -3.17. The van der Waals surface area contributed by atoms with Gasteiger partial charge in [-0.1, -0.05) is 0 Å². The summed E-state index contributed by atoms with van der Waals surface area (Å²) in [5, 5.41) is 3.99. The Morgan fingerprint density at radius 1 is 1.26 bits per heavy atom. The largest absolute Gasteiger partial charge is 0.444 e. The summed E-state index contributed by atoms with van der Waals surface area (Å²) in [6.07, 6.45) is 0.945. The van der Waals surface area contributed by atoms with E-state index >= 15 is 0 Å². The van der Waals surface area contributed by atoms with E-state index in [0.29, 0.717) is 49.4 Å². The molecular formula is C21H26FN5O4. The van der Waals surface area contributed by atoms with Crippen molar-refractivity contribution in [1.82, 2.24) is 24.2 Å². The van der Waals surface area contributed by atoms with Gasteiger partial charge in [-0.3, -0.25) is 4.57 Å². The molecule has 166 valence electrons. The summed E-state index contributed by atoms with van der Waals surface area (Å²) in [6, 6.07) is 4.18. The monoisotopic (exact) mass is 431 g/mol. The Morgan fingerprint density at radius 3 is 2.61 bits per heavy atom. The van der Waals surface area contributed by atoms with Gasteiger partial charge >= 0.3 is 11.8 Å². The highest BCUT2D eigenvalue weighted by Gasteiger charge is 2.30. The van der Waals surface area contributed by atoms with Crippen LogP contribution in [0.2, 0.25) is 0 Å². The van der Waals surface area contributed by atoms with Gasteiger partial charge < -0.3 is 14.2 Å². The lowest BCUT2D eigenvalue weighted by Gasteiger charge is -2.32. The number of hydrogen-bond acceptors (Lipinski definition) is 6. The lowest BCUT2D eigenvalue weighted by molar-refractivity contribution is 0.0198. The van der Waals surface area contributed by atoms with Crippen LogP contribution in [0, 0.1) is 5.82 Å². The standard InChI is InChI=1S/C21H26FN5O4/c1-5-26-15-7-6-14(22)12-16(15)27(19(26)28)18-23-17(31-24-18)13-8-10-25(11-9-13)20(29)30-21(2,3)4/h6-7,12-13H,5,8-11H2,1-4H3. The number of hydrogen-bond donors (Lipinski definition) is 0. The van der Waals surface area contributed by atoms with Crippen LogP contribution in [0.4, 0.5) is 9.18 Å². The summed E-state index contributed by atoms with van der Waals surface area (Å²) in [7, 11) is 0. The molecule has 0 atom stereocenters. The summed E-state index contributed by atoms with van der Waals surface area (Å²) in [5.41, 5.74) is 0.0970. The van der Waals surface area contributed by atoms with Crippen molar-refractivity contribution in [2.24, 2.45) is 0 Å². The Labute approximate surface area is 178 Å². The van der Waals surface area contributed by atoms with Crippen LogP contribution in [0.1, 0.15) is 52.3 Å². The first-order valence-electron chi connectivity index (χ1n) is 10.4. The molecule has 0 spiro atoms. The van der Waals surface area contributed by atoms with Gasteiger partial charge in [0.25, 0.3) is 5.95 Å². The maximum Gasteiger partial charge on any atom is 0.410 e. The fourth-order valence-corrected chi connectivity index (χ4v) is 3.85. The van der Waals surface area contributed by atoms with Crippen LogP contribution in [0.3, 0.4) is 0 Å². The van der Waals surface area contributed by atoms with Crippen molar-refractivity contribution in [3.05, 3.63) is 40.4 Å². The Morgan fingerprint density at radius 2 is 1.97 bits per heavy atom. The first-order valence-corrected chi connectivity index (χ1v) is 10.4. The fraction of sp³-hybridized carbons (Fsp3) is 0.524. The number of likely N-dealkylation sites (tertiary alicyclic amines) is 1. The number of nitrogens with zero attached hydrogens (tertiary/aromatic N) is 5. The number of fused-ring (bicyclic) bond motifs is 1. The van der Waals surface area contributed by atoms with Gasteiger partial charge in [-0.05, 0) is 57.8 Å². The molecule has 9 nitrogen and oxygen atoms in total. The number of rotatable bonds is 3. The van der Waals surface area contributed by atoms with E-state index in [9.17, 15) is 14.0 Å². The highest BCUT2D eigenvalue weighted by atomic mass is 19.1. The van der Waals surface area contributed by atoms with E-state index in [1.807, 2.05) is 27.7 Å². The van der Waals surface area contributed by atoms with Crippen LogP contribution < -0.4 is 5.69 Å². The normalized spacial score (nSPS) is 15.6. The van der Waals surface area contributed by atoms with Crippen molar-refractivity contribution in [1.29, 1.82) is 0 Å². The highest BCUT2D eigenvalue weighted by Crippen LogP contribution is 2.28. The van der Waals surface area contributed by atoms with Crippen LogP contribution in [-0.2, 0) is 11.3 Å². The topological polar surface area (TPSA) is 95.4 Å². The number of aromatic nitrogens is 4. The molecule has 10 heteroatoms. The fourth-order valence-electron chi connectivity index (χ4n) is 3.85. The van der Waals surface area contributed by atoms with Crippen LogP contribution in [0.5, 0.6) is 0 Å². The van der Waals surface area contributed by atoms with Crippen molar-refractivity contribution in [3.8, 4) is 5.95 Å². The third kappa shape index (κ3) is 4.06. The van der Waals surface area contributed by atoms with Crippen molar-refractivity contribution in [2.45, 2.75) is 58.6 Å². The number of aryl methyl sites for hydroxylation is 1. The van der Waals surface area contributed by atoms with Gasteiger partial charge in [-0.15, -0.1) is 0 Å². The summed E-state index contributed by atoms with van der Waals surface area (Å²) >= 11 is 0. The second kappa shape index (κ2) is 7.82. The molecule has 0 unspecified atom stereocenters. The van der Waals surface area contributed by atoms with Crippen LogP contribution >= 0.6 is 0 Å². The van der Waals surface area contributed by atoms with Crippen molar-refractivity contribution >= 4 is 17.1 Å². The number of halogens is 1. The smallest absolute Gasteiger partial charge is 0.410 e. The highest BCUT2D eigenvalue weighted by molar-refractivity contribution is 5.77. The van der Waals surface area contributed by atoms with E-state index in [4.69, 9.17) is 9.26 Å². The molecule has 2 aromatic heterocycles. The number of amides is 1. The van der Waals surface area contributed by atoms with Crippen LogP contribution in [0.15, 0.2) is 27.5 Å². The van der Waals surface area contributed by atoms with E-state index in [1.54, 1.807) is 11.0 Å². The molecule has 0 saturated carbocycles. The lowest BCUT2D eigenvalue weighted by Crippen LogP contribution is -2.41. The molecule has 1 saturated heterocycles. The molecule has 1 aromatic carbocycles. The van der Waals surface area contributed by atoms with Gasteiger partial charge in [0.2, 0.25) is 5.89 Å². The van der Waals surface area contributed by atoms with Gasteiger partial charge in [-0.25, -0.2) is 18.5 Å². The maximum absolute atomic E-state index is 13.8. The van der Waals surface area contributed by atoms with Crippen molar-refractivity contribution in [3.63, 3.8) is 0 Å². The summed E-state index contributed by atoms with van der Waals surface area (Å²) < 4.78 is 27.5. The van der Waals surface area contributed by atoms with Gasteiger partial charge in [0, 0.05) is 31.6 Å². The molecule has 1 amide bonds. The number of carbonyl (C=O) groups is 1. The molecule has 4 rings (SSSR count). The van der Waals surface area contributed by atoms with E-state index in [0.717, 1.165) is 0 Å². The zero-order valence-electron chi connectivity index (χ0n) is 18.1. The van der Waals surface area contributed by atoms with Gasteiger partial charge in [0.1, 0.15) is 11.4 Å². The second-order valence-electron chi connectivity index (χ2n) is 8.67. The molecule has 1 fully saturated rings. The molecule has 31 heavy (non-hydrogen) atoms. The number of benzene rings is 1. The zero-order valence-corrected chi connectivity index (χ0v) is 18.1. The van der Waals surface area contributed by atoms with E-state index in [1.165, 1.54) is 21.3 Å². The minimum atomic E-state index is -0.542. The third-order valence-corrected chi connectivity index (χ3v) is 5.33. The number of piperidine rings is 1.